The number of allylic oxidation sites excluding steroid dienone is 4. The Morgan fingerprint density at radius 3 is 2.92 bits per heavy atom. The van der Waals surface area contributed by atoms with Crippen LogP contribution in [0.15, 0.2) is 23.4 Å². The molecule has 0 amide bonds. The van der Waals surface area contributed by atoms with Crippen LogP contribution in [0.4, 0.5) is 0 Å². The molecule has 0 spiro atoms. The number of nitro groups is 1. The van der Waals surface area contributed by atoms with Gasteiger partial charge in [-0.1, -0.05) is 18.6 Å². The zero-order valence-electron chi connectivity index (χ0n) is 7.36. The molecule has 0 saturated carbocycles. The standard InChI is InChI=1S/C9H10N2O2/c1-2-7-3-4-9(11(12)13)8(5-7)6-10/h3-4,8H,2,5H2,1H3. The number of nitrogens with zero attached hydrogens (tertiary/aromatic N) is 2. The Hall–Kier alpha value is -1.63. The van der Waals surface area contributed by atoms with Crippen molar-refractivity contribution in [1.82, 2.24) is 0 Å². The molecule has 4 heteroatoms. The fraction of sp³-hybridized carbons (Fsp3) is 0.444. The zero-order valence-corrected chi connectivity index (χ0v) is 7.36. The van der Waals surface area contributed by atoms with Crippen LogP contribution in [0.5, 0.6) is 0 Å². The van der Waals surface area contributed by atoms with E-state index < -0.39 is 10.8 Å². The minimum absolute atomic E-state index is 0.0136. The molecular weight excluding hydrogens is 168 g/mol. The third-order valence-electron chi connectivity index (χ3n) is 2.13. The van der Waals surface area contributed by atoms with E-state index in [1.807, 2.05) is 13.0 Å². The maximum atomic E-state index is 10.5. The first-order valence-electron chi connectivity index (χ1n) is 4.12. The van der Waals surface area contributed by atoms with Gasteiger partial charge >= 0.3 is 0 Å². The molecule has 0 aromatic heterocycles. The minimum Gasteiger partial charge on any atom is -0.259 e. The van der Waals surface area contributed by atoms with Crippen molar-refractivity contribution in [2.45, 2.75) is 19.8 Å². The van der Waals surface area contributed by atoms with Gasteiger partial charge in [-0.05, 0) is 12.8 Å². The summed E-state index contributed by atoms with van der Waals surface area (Å²) in [5, 5.41) is 19.2. The van der Waals surface area contributed by atoms with E-state index in [4.69, 9.17) is 5.26 Å². The molecule has 0 N–H and O–H groups in total. The van der Waals surface area contributed by atoms with Crippen molar-refractivity contribution < 1.29 is 4.92 Å². The van der Waals surface area contributed by atoms with E-state index in [-0.39, 0.29) is 5.70 Å². The van der Waals surface area contributed by atoms with Gasteiger partial charge in [0.1, 0.15) is 5.92 Å². The highest BCUT2D eigenvalue weighted by molar-refractivity contribution is 5.26. The van der Waals surface area contributed by atoms with E-state index in [0.29, 0.717) is 6.42 Å². The van der Waals surface area contributed by atoms with Crippen molar-refractivity contribution in [3.05, 3.63) is 33.5 Å². The number of rotatable bonds is 2. The Bertz CT molecular complexity index is 323. The summed E-state index contributed by atoms with van der Waals surface area (Å²) in [5.41, 5.74) is 1.11. The molecule has 1 atom stereocenters. The van der Waals surface area contributed by atoms with E-state index in [9.17, 15) is 10.1 Å². The van der Waals surface area contributed by atoms with Crippen LogP contribution in [-0.2, 0) is 0 Å². The van der Waals surface area contributed by atoms with Gasteiger partial charge in [-0.15, -0.1) is 0 Å². The predicted molar refractivity (Wildman–Crippen MR) is 47.2 cm³/mol. The van der Waals surface area contributed by atoms with E-state index >= 15 is 0 Å². The Labute approximate surface area is 76.3 Å². The third-order valence-corrected chi connectivity index (χ3v) is 2.13. The summed E-state index contributed by atoms with van der Waals surface area (Å²) in [6.45, 7) is 1.98. The lowest BCUT2D eigenvalue weighted by atomic mass is 9.91. The second kappa shape index (κ2) is 3.85. The van der Waals surface area contributed by atoms with Crippen LogP contribution in [0.3, 0.4) is 0 Å². The van der Waals surface area contributed by atoms with Gasteiger partial charge in [0.15, 0.2) is 0 Å². The number of hydrogen-bond donors (Lipinski definition) is 0. The molecule has 1 aliphatic carbocycles. The van der Waals surface area contributed by atoms with Crippen LogP contribution >= 0.6 is 0 Å². The average Bonchev–Trinajstić information content (AvgIpc) is 2.16. The van der Waals surface area contributed by atoms with E-state index in [1.54, 1.807) is 6.08 Å². The summed E-state index contributed by atoms with van der Waals surface area (Å²) in [6, 6.07) is 1.95. The van der Waals surface area contributed by atoms with Crippen molar-refractivity contribution in [3.8, 4) is 6.07 Å². The molecule has 0 bridgehead atoms. The topological polar surface area (TPSA) is 66.9 Å². The summed E-state index contributed by atoms with van der Waals surface area (Å²) in [5.74, 6) is -0.574. The Morgan fingerprint density at radius 2 is 2.46 bits per heavy atom. The number of hydrogen-bond acceptors (Lipinski definition) is 3. The van der Waals surface area contributed by atoms with Crippen LogP contribution in [-0.4, -0.2) is 4.92 Å². The van der Waals surface area contributed by atoms with E-state index in [0.717, 1.165) is 12.0 Å². The normalized spacial score (nSPS) is 21.4. The van der Waals surface area contributed by atoms with Crippen LogP contribution in [0.25, 0.3) is 0 Å². The molecule has 0 radical (unpaired) electrons. The molecule has 0 saturated heterocycles. The summed E-state index contributed by atoms with van der Waals surface area (Å²) in [6.07, 6.45) is 4.53. The quantitative estimate of drug-likeness (QED) is 0.480. The highest BCUT2D eigenvalue weighted by Gasteiger charge is 2.27. The van der Waals surface area contributed by atoms with Crippen LogP contribution < -0.4 is 0 Å². The predicted octanol–water partition coefficient (Wildman–Crippen LogP) is 2.03. The molecule has 1 aliphatic rings. The minimum atomic E-state index is -0.574. The SMILES string of the molecule is CCC1=CC=C([N+](=O)[O-])C(C#N)C1. The lowest BCUT2D eigenvalue weighted by Crippen LogP contribution is -2.13. The molecule has 0 aliphatic heterocycles. The van der Waals surface area contributed by atoms with Crippen LogP contribution in [0.1, 0.15) is 19.8 Å². The van der Waals surface area contributed by atoms with Crippen LogP contribution in [0, 0.1) is 27.4 Å². The maximum Gasteiger partial charge on any atom is 0.263 e. The smallest absolute Gasteiger partial charge is 0.259 e. The first kappa shape index (κ1) is 9.46. The zero-order chi connectivity index (χ0) is 9.84. The fourth-order valence-corrected chi connectivity index (χ4v) is 1.32. The summed E-state index contributed by atoms with van der Waals surface area (Å²) < 4.78 is 0. The largest absolute Gasteiger partial charge is 0.263 e. The van der Waals surface area contributed by atoms with Gasteiger partial charge in [0.25, 0.3) is 5.70 Å². The monoisotopic (exact) mass is 178 g/mol. The second-order valence-corrected chi connectivity index (χ2v) is 2.91. The summed E-state index contributed by atoms with van der Waals surface area (Å²) in [4.78, 5) is 10.0. The molecule has 68 valence electrons. The fourth-order valence-electron chi connectivity index (χ4n) is 1.32. The van der Waals surface area contributed by atoms with Crippen molar-refractivity contribution in [2.24, 2.45) is 5.92 Å². The molecule has 13 heavy (non-hydrogen) atoms. The Morgan fingerprint density at radius 1 is 1.77 bits per heavy atom. The average molecular weight is 178 g/mol. The van der Waals surface area contributed by atoms with Gasteiger partial charge in [0.2, 0.25) is 0 Å². The van der Waals surface area contributed by atoms with Gasteiger partial charge in [-0.3, -0.25) is 10.1 Å². The Kier molecular flexibility index (Phi) is 2.80. The molecule has 1 rings (SSSR count). The molecule has 0 aromatic carbocycles. The van der Waals surface area contributed by atoms with Gasteiger partial charge in [0.05, 0.1) is 11.0 Å². The second-order valence-electron chi connectivity index (χ2n) is 2.91. The lowest BCUT2D eigenvalue weighted by molar-refractivity contribution is -0.432. The molecule has 1 unspecified atom stereocenters. The first-order chi connectivity index (χ1) is 6.19. The number of nitriles is 1. The van der Waals surface area contributed by atoms with Gasteiger partial charge in [0, 0.05) is 6.08 Å². The first-order valence-corrected chi connectivity index (χ1v) is 4.12. The van der Waals surface area contributed by atoms with E-state index in [2.05, 4.69) is 0 Å². The van der Waals surface area contributed by atoms with Gasteiger partial charge < -0.3 is 0 Å². The maximum absolute atomic E-state index is 10.5. The van der Waals surface area contributed by atoms with Gasteiger partial charge in [-0.2, -0.15) is 5.26 Å². The third kappa shape index (κ3) is 1.94. The Balaban J connectivity index is 2.94. The highest BCUT2D eigenvalue weighted by Crippen LogP contribution is 2.26. The van der Waals surface area contributed by atoms with E-state index in [1.165, 1.54) is 6.08 Å². The molecule has 4 nitrogen and oxygen atoms in total. The van der Waals surface area contributed by atoms with Crippen LogP contribution in [0.2, 0.25) is 0 Å². The molecule has 0 aromatic rings. The summed E-state index contributed by atoms with van der Waals surface area (Å²) >= 11 is 0. The molecule has 0 fully saturated rings. The highest BCUT2D eigenvalue weighted by atomic mass is 16.6. The van der Waals surface area contributed by atoms with Gasteiger partial charge in [-0.25, -0.2) is 0 Å². The summed E-state index contributed by atoms with van der Waals surface area (Å²) in [7, 11) is 0. The lowest BCUT2D eigenvalue weighted by Gasteiger charge is -2.12. The van der Waals surface area contributed by atoms with Crippen molar-refractivity contribution in [3.63, 3.8) is 0 Å². The van der Waals surface area contributed by atoms with Crippen molar-refractivity contribution >= 4 is 0 Å². The van der Waals surface area contributed by atoms with Crippen molar-refractivity contribution in [2.75, 3.05) is 0 Å². The van der Waals surface area contributed by atoms with Crippen molar-refractivity contribution in [1.29, 1.82) is 5.26 Å². The molecular formula is C9H10N2O2. The molecule has 0 heterocycles.